The van der Waals surface area contributed by atoms with Gasteiger partial charge in [0.2, 0.25) is 5.91 Å². The van der Waals surface area contributed by atoms with Crippen molar-refractivity contribution in [3.63, 3.8) is 0 Å². The maximum Gasteiger partial charge on any atom is 0.318 e. The third-order valence-corrected chi connectivity index (χ3v) is 5.22. The van der Waals surface area contributed by atoms with Crippen LogP contribution in [0.15, 0.2) is 0 Å². The summed E-state index contributed by atoms with van der Waals surface area (Å²) in [7, 11) is 0. The molecular weight excluding hydrogens is 306 g/mol. The maximum absolute atomic E-state index is 12.9. The van der Waals surface area contributed by atoms with Gasteiger partial charge in [-0.2, -0.15) is 0 Å². The molecule has 2 heterocycles. The smallest absolute Gasteiger partial charge is 0.318 e. The Kier molecular flexibility index (Phi) is 5.78. The Hall–Kier alpha value is -1.30. The monoisotopic (exact) mass is 339 g/mol. The Morgan fingerprint density at radius 1 is 1.17 bits per heavy atom. The zero-order valence-corrected chi connectivity index (χ0v) is 15.7. The number of carbonyl (C=O) groups is 2. The molecule has 2 rings (SSSR count). The van der Waals surface area contributed by atoms with E-state index < -0.39 is 6.10 Å². The summed E-state index contributed by atoms with van der Waals surface area (Å²) < 4.78 is 0. The number of piperidine rings is 1. The molecule has 0 aromatic carbocycles. The largest absolute Gasteiger partial charge is 0.391 e. The lowest BCUT2D eigenvalue weighted by atomic mass is 9.73. The molecule has 6 nitrogen and oxygen atoms in total. The minimum absolute atomic E-state index is 0.0159. The van der Waals surface area contributed by atoms with Crippen LogP contribution in [0.2, 0.25) is 0 Å². The average Bonchev–Trinajstić information content (AvgIpc) is 2.93. The maximum atomic E-state index is 12.9. The second-order valence-corrected chi connectivity index (χ2v) is 8.57. The van der Waals surface area contributed by atoms with E-state index in [0.717, 1.165) is 12.8 Å². The number of nitrogens with one attached hydrogen (secondary N) is 1. The summed E-state index contributed by atoms with van der Waals surface area (Å²) >= 11 is 0. The van der Waals surface area contributed by atoms with Crippen molar-refractivity contribution in [1.82, 2.24) is 15.1 Å². The lowest BCUT2D eigenvalue weighted by Crippen LogP contribution is -2.56. The van der Waals surface area contributed by atoms with Gasteiger partial charge in [0.05, 0.1) is 6.10 Å². The average molecular weight is 339 g/mol. The molecule has 3 atom stereocenters. The van der Waals surface area contributed by atoms with E-state index >= 15 is 0 Å². The highest BCUT2D eigenvalue weighted by atomic mass is 16.3. The molecule has 2 unspecified atom stereocenters. The third-order valence-electron chi connectivity index (χ3n) is 5.22. The molecule has 2 aliphatic rings. The minimum atomic E-state index is -0.498. The summed E-state index contributed by atoms with van der Waals surface area (Å²) in [5.74, 6) is 0.184. The summed E-state index contributed by atoms with van der Waals surface area (Å²) in [6.07, 6.45) is 1.87. The number of β-amino-alcohol motifs (C(OH)–C–C–N with tert-alkyl or cyclic N) is 1. The van der Waals surface area contributed by atoms with Crippen molar-refractivity contribution in [3.05, 3.63) is 0 Å². The first-order valence-corrected chi connectivity index (χ1v) is 9.15. The standard InChI is InChI=1S/C18H33N3O3/c1-12(2)19-17(24)21-9-6-7-14(21)16(23)20-10-8-13(15(22)11-20)18(3,4)5/h12-15,22H,6-11H2,1-5H3,(H,19,24)/t13?,14-,15?/m0/s1. The van der Waals surface area contributed by atoms with Gasteiger partial charge in [0.15, 0.2) is 0 Å². The van der Waals surface area contributed by atoms with Crippen molar-refractivity contribution < 1.29 is 14.7 Å². The summed E-state index contributed by atoms with van der Waals surface area (Å²) in [6.45, 7) is 11.9. The lowest BCUT2D eigenvalue weighted by Gasteiger charge is -2.43. The van der Waals surface area contributed by atoms with E-state index in [1.54, 1.807) is 9.80 Å². The van der Waals surface area contributed by atoms with E-state index in [0.29, 0.717) is 26.1 Å². The Labute approximate surface area is 145 Å². The number of aliphatic hydroxyl groups is 1. The molecule has 2 aliphatic heterocycles. The van der Waals surface area contributed by atoms with E-state index in [1.807, 2.05) is 13.8 Å². The highest BCUT2D eigenvalue weighted by Crippen LogP contribution is 2.35. The third kappa shape index (κ3) is 4.21. The van der Waals surface area contributed by atoms with Gasteiger partial charge in [0.1, 0.15) is 6.04 Å². The molecule has 3 amide bonds. The number of rotatable bonds is 2. The van der Waals surface area contributed by atoms with Gasteiger partial charge in [0.25, 0.3) is 0 Å². The topological polar surface area (TPSA) is 72.9 Å². The number of hydrogen-bond donors (Lipinski definition) is 2. The first-order valence-electron chi connectivity index (χ1n) is 9.15. The van der Waals surface area contributed by atoms with E-state index in [1.165, 1.54) is 0 Å². The minimum Gasteiger partial charge on any atom is -0.391 e. The summed E-state index contributed by atoms with van der Waals surface area (Å²) in [6, 6.07) is -0.494. The van der Waals surface area contributed by atoms with Crippen LogP contribution >= 0.6 is 0 Å². The summed E-state index contributed by atoms with van der Waals surface area (Å²) in [5, 5.41) is 13.3. The fourth-order valence-corrected chi connectivity index (χ4v) is 3.95. The molecule has 0 aromatic rings. The molecular formula is C18H33N3O3. The van der Waals surface area contributed by atoms with Crippen molar-refractivity contribution in [3.8, 4) is 0 Å². The Morgan fingerprint density at radius 2 is 1.83 bits per heavy atom. The van der Waals surface area contributed by atoms with Gasteiger partial charge in [-0.15, -0.1) is 0 Å². The molecule has 0 aromatic heterocycles. The Balaban J connectivity index is 2.00. The predicted molar refractivity (Wildman–Crippen MR) is 93.5 cm³/mol. The van der Waals surface area contributed by atoms with Gasteiger partial charge in [-0.3, -0.25) is 4.79 Å². The fourth-order valence-electron chi connectivity index (χ4n) is 3.95. The van der Waals surface area contributed by atoms with Crippen molar-refractivity contribution in [1.29, 1.82) is 0 Å². The number of amides is 3. The normalized spacial score (nSPS) is 28.4. The van der Waals surface area contributed by atoms with Crippen LogP contribution in [0, 0.1) is 11.3 Å². The molecule has 2 N–H and O–H groups in total. The van der Waals surface area contributed by atoms with Crippen LogP contribution in [0.1, 0.15) is 53.9 Å². The van der Waals surface area contributed by atoms with Gasteiger partial charge in [-0.05, 0) is 44.4 Å². The molecule has 0 aliphatic carbocycles. The zero-order valence-electron chi connectivity index (χ0n) is 15.7. The molecule has 138 valence electrons. The van der Waals surface area contributed by atoms with Gasteiger partial charge >= 0.3 is 6.03 Å². The molecule has 0 radical (unpaired) electrons. The highest BCUT2D eigenvalue weighted by Gasteiger charge is 2.41. The van der Waals surface area contributed by atoms with Crippen LogP contribution in [0.3, 0.4) is 0 Å². The SMILES string of the molecule is CC(C)NC(=O)N1CCC[C@H]1C(=O)N1CCC(C(C)(C)C)C(O)C1. The van der Waals surface area contributed by atoms with Crippen LogP contribution in [0.4, 0.5) is 4.79 Å². The van der Waals surface area contributed by atoms with Crippen LogP contribution in [-0.2, 0) is 4.79 Å². The Bertz CT molecular complexity index is 473. The first-order chi connectivity index (χ1) is 11.1. The molecule has 6 heteroatoms. The van der Waals surface area contributed by atoms with Crippen LogP contribution in [-0.4, -0.2) is 64.7 Å². The van der Waals surface area contributed by atoms with Gasteiger partial charge in [0, 0.05) is 25.7 Å². The Morgan fingerprint density at radius 3 is 2.38 bits per heavy atom. The first kappa shape index (κ1) is 19.0. The predicted octanol–water partition coefficient (Wildman–Crippen LogP) is 1.82. The fraction of sp³-hybridized carbons (Fsp3) is 0.889. The van der Waals surface area contributed by atoms with Gasteiger partial charge < -0.3 is 20.2 Å². The molecule has 0 bridgehead atoms. The van der Waals surface area contributed by atoms with Crippen LogP contribution in [0.5, 0.6) is 0 Å². The van der Waals surface area contributed by atoms with E-state index in [4.69, 9.17) is 0 Å². The molecule has 0 saturated carbocycles. The summed E-state index contributed by atoms with van der Waals surface area (Å²) in [5.41, 5.74) is 0.0328. The second-order valence-electron chi connectivity index (χ2n) is 8.57. The quantitative estimate of drug-likeness (QED) is 0.806. The molecule has 0 spiro atoms. The van der Waals surface area contributed by atoms with Crippen molar-refractivity contribution in [2.24, 2.45) is 11.3 Å². The van der Waals surface area contributed by atoms with Crippen molar-refractivity contribution in [2.45, 2.75) is 72.1 Å². The van der Waals surface area contributed by atoms with Crippen molar-refractivity contribution in [2.75, 3.05) is 19.6 Å². The molecule has 24 heavy (non-hydrogen) atoms. The van der Waals surface area contributed by atoms with Crippen LogP contribution in [0.25, 0.3) is 0 Å². The second kappa shape index (κ2) is 7.30. The number of aliphatic hydroxyl groups excluding tert-OH is 1. The van der Waals surface area contributed by atoms with Gasteiger partial charge in [-0.1, -0.05) is 20.8 Å². The zero-order chi connectivity index (χ0) is 18.1. The lowest BCUT2D eigenvalue weighted by molar-refractivity contribution is -0.141. The van der Waals surface area contributed by atoms with Crippen molar-refractivity contribution >= 4 is 11.9 Å². The molecule has 2 saturated heterocycles. The number of nitrogens with zero attached hydrogens (tertiary/aromatic N) is 2. The number of carbonyl (C=O) groups excluding carboxylic acids is 2. The van der Waals surface area contributed by atoms with E-state index in [2.05, 4.69) is 26.1 Å². The highest BCUT2D eigenvalue weighted by molar-refractivity contribution is 5.87. The molecule has 2 fully saturated rings. The van der Waals surface area contributed by atoms with E-state index in [9.17, 15) is 14.7 Å². The number of urea groups is 1. The number of likely N-dealkylation sites (tertiary alicyclic amines) is 2. The summed E-state index contributed by atoms with van der Waals surface area (Å²) in [4.78, 5) is 28.6. The van der Waals surface area contributed by atoms with Gasteiger partial charge in [-0.25, -0.2) is 4.79 Å². The number of hydrogen-bond acceptors (Lipinski definition) is 3. The van der Waals surface area contributed by atoms with E-state index in [-0.39, 0.29) is 35.4 Å². The van der Waals surface area contributed by atoms with Crippen LogP contribution < -0.4 is 5.32 Å².